The summed E-state index contributed by atoms with van der Waals surface area (Å²) in [6.45, 7) is 0. The van der Waals surface area contributed by atoms with E-state index in [4.69, 9.17) is 0 Å². The van der Waals surface area contributed by atoms with Gasteiger partial charge in [0, 0.05) is 18.4 Å². The molecule has 0 aliphatic heterocycles. The molecule has 2 aliphatic rings. The summed E-state index contributed by atoms with van der Waals surface area (Å²) in [4.78, 5) is 4.10. The van der Waals surface area contributed by atoms with Gasteiger partial charge >= 0.3 is 0 Å². The molecular formula is C11H14N2. The summed E-state index contributed by atoms with van der Waals surface area (Å²) in [5.41, 5.74) is 1.18. The monoisotopic (exact) mass is 174 g/mol. The minimum Gasteiger partial charge on any atom is -0.381 e. The number of nitrogens with one attached hydrogen (secondary N) is 1. The summed E-state index contributed by atoms with van der Waals surface area (Å²) in [5, 5.41) is 3.57. The van der Waals surface area contributed by atoms with Crippen LogP contribution in [0.3, 0.4) is 0 Å². The second-order valence-electron chi connectivity index (χ2n) is 4.23. The third kappa shape index (κ3) is 1.30. The van der Waals surface area contributed by atoms with Gasteiger partial charge < -0.3 is 5.32 Å². The lowest BCUT2D eigenvalue weighted by Crippen LogP contribution is -2.18. The van der Waals surface area contributed by atoms with Crippen LogP contribution in [0.15, 0.2) is 24.5 Å². The minimum atomic E-state index is 0.731. The molecule has 1 heterocycles. The molecule has 2 saturated carbocycles. The van der Waals surface area contributed by atoms with Crippen LogP contribution in [0.1, 0.15) is 19.3 Å². The van der Waals surface area contributed by atoms with E-state index in [0.717, 1.165) is 17.9 Å². The molecule has 1 aromatic rings. The molecular weight excluding hydrogens is 160 g/mol. The molecule has 3 unspecified atom stereocenters. The van der Waals surface area contributed by atoms with Crippen molar-refractivity contribution in [3.63, 3.8) is 0 Å². The molecule has 2 fully saturated rings. The molecule has 68 valence electrons. The largest absolute Gasteiger partial charge is 0.381 e. The molecule has 0 amide bonds. The summed E-state index contributed by atoms with van der Waals surface area (Å²) in [5.74, 6) is 2.02. The van der Waals surface area contributed by atoms with Crippen LogP contribution in [0, 0.1) is 11.8 Å². The van der Waals surface area contributed by atoms with Crippen LogP contribution in [-0.4, -0.2) is 11.0 Å². The number of fused-ring (bicyclic) bond motifs is 1. The van der Waals surface area contributed by atoms with E-state index in [1.165, 1.54) is 24.9 Å². The van der Waals surface area contributed by atoms with Crippen molar-refractivity contribution in [1.29, 1.82) is 0 Å². The van der Waals surface area contributed by atoms with Crippen LogP contribution >= 0.6 is 0 Å². The zero-order valence-corrected chi connectivity index (χ0v) is 7.61. The van der Waals surface area contributed by atoms with E-state index in [1.807, 2.05) is 18.5 Å². The smallest absolute Gasteiger partial charge is 0.0528 e. The third-order valence-electron chi connectivity index (χ3n) is 3.36. The van der Waals surface area contributed by atoms with Gasteiger partial charge in [0.25, 0.3) is 0 Å². The van der Waals surface area contributed by atoms with Crippen molar-refractivity contribution < 1.29 is 0 Å². The first-order chi connectivity index (χ1) is 6.43. The predicted octanol–water partition coefficient (Wildman–Crippen LogP) is 2.29. The van der Waals surface area contributed by atoms with Crippen molar-refractivity contribution in [3.05, 3.63) is 24.5 Å². The van der Waals surface area contributed by atoms with E-state index in [-0.39, 0.29) is 0 Å². The van der Waals surface area contributed by atoms with E-state index in [1.54, 1.807) is 0 Å². The minimum absolute atomic E-state index is 0.731. The van der Waals surface area contributed by atoms with Crippen molar-refractivity contribution in [3.8, 4) is 0 Å². The van der Waals surface area contributed by atoms with Gasteiger partial charge in [-0.2, -0.15) is 0 Å². The number of aromatic nitrogens is 1. The Hall–Kier alpha value is -1.05. The number of rotatable bonds is 2. The van der Waals surface area contributed by atoms with Gasteiger partial charge in [-0.25, -0.2) is 0 Å². The normalized spacial score (nSPS) is 35.5. The van der Waals surface area contributed by atoms with Crippen LogP contribution < -0.4 is 5.32 Å². The van der Waals surface area contributed by atoms with Crippen LogP contribution in [0.5, 0.6) is 0 Å². The summed E-state index contributed by atoms with van der Waals surface area (Å²) in [6, 6.07) is 4.82. The molecule has 1 N–H and O–H groups in total. The summed E-state index contributed by atoms with van der Waals surface area (Å²) in [7, 11) is 0. The predicted molar refractivity (Wildman–Crippen MR) is 52.5 cm³/mol. The number of hydrogen-bond donors (Lipinski definition) is 1. The maximum absolute atomic E-state index is 4.10. The molecule has 13 heavy (non-hydrogen) atoms. The maximum Gasteiger partial charge on any atom is 0.0528 e. The number of nitrogens with zero attached hydrogens (tertiary/aromatic N) is 1. The second-order valence-corrected chi connectivity index (χ2v) is 4.23. The Morgan fingerprint density at radius 2 is 2.38 bits per heavy atom. The molecule has 0 bridgehead atoms. The van der Waals surface area contributed by atoms with Crippen molar-refractivity contribution in [2.45, 2.75) is 25.3 Å². The van der Waals surface area contributed by atoms with E-state index in [2.05, 4.69) is 16.4 Å². The number of anilines is 1. The molecule has 3 rings (SSSR count). The van der Waals surface area contributed by atoms with Crippen LogP contribution in [-0.2, 0) is 0 Å². The van der Waals surface area contributed by atoms with Crippen molar-refractivity contribution >= 4 is 5.69 Å². The Labute approximate surface area is 78.4 Å². The fourth-order valence-corrected chi connectivity index (χ4v) is 2.54. The molecule has 2 nitrogen and oxygen atoms in total. The molecule has 0 radical (unpaired) electrons. The van der Waals surface area contributed by atoms with Gasteiger partial charge in [0.1, 0.15) is 0 Å². The second kappa shape index (κ2) is 2.72. The van der Waals surface area contributed by atoms with Crippen molar-refractivity contribution in [1.82, 2.24) is 4.98 Å². The van der Waals surface area contributed by atoms with E-state index >= 15 is 0 Å². The van der Waals surface area contributed by atoms with Crippen LogP contribution in [0.25, 0.3) is 0 Å². The molecule has 3 atom stereocenters. The quantitative estimate of drug-likeness (QED) is 0.744. The first-order valence-electron chi connectivity index (χ1n) is 5.10. The SMILES string of the molecule is c1cncc(NC2CCC3CC32)c1. The summed E-state index contributed by atoms with van der Waals surface area (Å²) >= 11 is 0. The lowest BCUT2D eigenvalue weighted by Gasteiger charge is -2.14. The lowest BCUT2D eigenvalue weighted by atomic mass is 10.1. The number of hydrogen-bond acceptors (Lipinski definition) is 2. The van der Waals surface area contributed by atoms with Crippen molar-refractivity contribution in [2.75, 3.05) is 5.32 Å². The Kier molecular flexibility index (Phi) is 1.54. The van der Waals surface area contributed by atoms with E-state index in [0.29, 0.717) is 0 Å². The standard InChI is InChI=1S/C11H14N2/c1-2-9(7-12-5-1)13-11-4-3-8-6-10(8)11/h1-2,5,7-8,10-11,13H,3-4,6H2. The average molecular weight is 174 g/mol. The Bertz CT molecular complexity index is 296. The third-order valence-corrected chi connectivity index (χ3v) is 3.36. The number of pyridine rings is 1. The van der Waals surface area contributed by atoms with E-state index in [9.17, 15) is 0 Å². The highest BCUT2D eigenvalue weighted by molar-refractivity contribution is 5.41. The highest BCUT2D eigenvalue weighted by Gasteiger charge is 2.47. The van der Waals surface area contributed by atoms with E-state index < -0.39 is 0 Å². The van der Waals surface area contributed by atoms with Gasteiger partial charge in [-0.3, -0.25) is 4.98 Å². The first kappa shape index (κ1) is 7.36. The molecule has 0 spiro atoms. The molecule has 0 saturated heterocycles. The van der Waals surface area contributed by atoms with Gasteiger partial charge in [0.15, 0.2) is 0 Å². The lowest BCUT2D eigenvalue weighted by molar-refractivity contribution is 0.654. The Morgan fingerprint density at radius 1 is 1.38 bits per heavy atom. The van der Waals surface area contributed by atoms with Crippen LogP contribution in [0.2, 0.25) is 0 Å². The van der Waals surface area contributed by atoms with Gasteiger partial charge in [0.05, 0.1) is 5.69 Å². The van der Waals surface area contributed by atoms with Gasteiger partial charge in [-0.1, -0.05) is 0 Å². The highest BCUT2D eigenvalue weighted by atomic mass is 15.0. The molecule has 2 heteroatoms. The topological polar surface area (TPSA) is 24.9 Å². The van der Waals surface area contributed by atoms with Gasteiger partial charge in [-0.05, 0) is 43.2 Å². The molecule has 1 aromatic heterocycles. The van der Waals surface area contributed by atoms with Crippen molar-refractivity contribution in [2.24, 2.45) is 11.8 Å². The first-order valence-corrected chi connectivity index (χ1v) is 5.10. The van der Waals surface area contributed by atoms with Gasteiger partial charge in [0.2, 0.25) is 0 Å². The fraction of sp³-hybridized carbons (Fsp3) is 0.545. The molecule has 2 aliphatic carbocycles. The zero-order valence-electron chi connectivity index (χ0n) is 7.61. The zero-order chi connectivity index (χ0) is 8.67. The summed E-state index contributed by atoms with van der Waals surface area (Å²) < 4.78 is 0. The molecule has 0 aromatic carbocycles. The maximum atomic E-state index is 4.10. The summed E-state index contributed by atoms with van der Waals surface area (Å²) in [6.07, 6.45) is 7.97. The fourth-order valence-electron chi connectivity index (χ4n) is 2.54. The van der Waals surface area contributed by atoms with Gasteiger partial charge in [-0.15, -0.1) is 0 Å². The Balaban J connectivity index is 1.69. The Morgan fingerprint density at radius 3 is 3.00 bits per heavy atom. The highest BCUT2D eigenvalue weighted by Crippen LogP contribution is 2.52. The average Bonchev–Trinajstić information content (AvgIpc) is 2.86. The van der Waals surface area contributed by atoms with Crippen LogP contribution in [0.4, 0.5) is 5.69 Å².